The summed E-state index contributed by atoms with van der Waals surface area (Å²) in [5, 5.41) is 10.8. The number of esters is 1. The lowest BCUT2D eigenvalue weighted by Gasteiger charge is -2.26. The summed E-state index contributed by atoms with van der Waals surface area (Å²) in [4.78, 5) is 13.2. The van der Waals surface area contributed by atoms with E-state index in [1.807, 2.05) is 32.9 Å². The first kappa shape index (κ1) is 26.6. The first-order valence-corrected chi connectivity index (χ1v) is 12.3. The maximum absolute atomic E-state index is 13.2. The number of aliphatic hydroxyl groups is 1. The van der Waals surface area contributed by atoms with E-state index in [0.717, 1.165) is 23.1 Å². The van der Waals surface area contributed by atoms with E-state index in [9.17, 15) is 9.90 Å². The molecule has 2 aromatic carbocycles. The van der Waals surface area contributed by atoms with E-state index in [1.165, 1.54) is 7.11 Å². The molecule has 6 nitrogen and oxygen atoms in total. The van der Waals surface area contributed by atoms with Crippen molar-refractivity contribution in [2.24, 2.45) is 11.8 Å². The predicted molar refractivity (Wildman–Crippen MR) is 137 cm³/mol. The van der Waals surface area contributed by atoms with E-state index in [-0.39, 0.29) is 23.8 Å². The Hall–Kier alpha value is -2.99. The van der Waals surface area contributed by atoms with E-state index in [4.69, 9.17) is 18.9 Å². The van der Waals surface area contributed by atoms with Crippen LogP contribution in [0.4, 0.5) is 0 Å². The van der Waals surface area contributed by atoms with Crippen molar-refractivity contribution in [3.05, 3.63) is 58.7 Å². The van der Waals surface area contributed by atoms with Gasteiger partial charge in [-0.05, 0) is 67.3 Å². The fourth-order valence-corrected chi connectivity index (χ4v) is 4.31. The minimum atomic E-state index is -0.780. The number of hydrogen-bond acceptors (Lipinski definition) is 6. The number of ether oxygens (including phenoxy) is 4. The zero-order chi connectivity index (χ0) is 25.7. The maximum atomic E-state index is 13.2. The molecule has 0 spiro atoms. The highest BCUT2D eigenvalue weighted by Gasteiger charge is 2.31. The number of aryl methyl sites for hydroxylation is 1. The van der Waals surface area contributed by atoms with Gasteiger partial charge in [-0.15, -0.1) is 6.58 Å². The molecular formula is C29H38O6. The van der Waals surface area contributed by atoms with Gasteiger partial charge in [0.2, 0.25) is 0 Å². The number of cyclic esters (lactones) is 1. The number of carbonyl (C=O) groups excluding carboxylic acids is 1. The molecule has 1 heterocycles. The molecule has 2 aromatic rings. The van der Waals surface area contributed by atoms with Crippen LogP contribution in [0.25, 0.3) is 0 Å². The SMILES string of the molecule is C=CCc1c(C)cc(OCCC(C)C)c2c1COC(=O)c1c(ccc([C@@H](O)CC(C)C)c1OC)O2. The van der Waals surface area contributed by atoms with Gasteiger partial charge >= 0.3 is 5.97 Å². The second-order valence-electron chi connectivity index (χ2n) is 9.89. The topological polar surface area (TPSA) is 74.2 Å². The van der Waals surface area contributed by atoms with Gasteiger partial charge < -0.3 is 24.1 Å². The molecule has 3 rings (SSSR count). The van der Waals surface area contributed by atoms with Gasteiger partial charge in [0.1, 0.15) is 23.7 Å². The lowest BCUT2D eigenvalue weighted by molar-refractivity contribution is 0.0452. The Labute approximate surface area is 208 Å². The van der Waals surface area contributed by atoms with Crippen LogP contribution >= 0.6 is 0 Å². The molecule has 1 aliphatic rings. The van der Waals surface area contributed by atoms with Gasteiger partial charge in [-0.3, -0.25) is 0 Å². The first-order valence-electron chi connectivity index (χ1n) is 12.3. The lowest BCUT2D eigenvalue weighted by atomic mass is 9.95. The highest BCUT2D eigenvalue weighted by molar-refractivity contribution is 5.96. The third kappa shape index (κ3) is 5.99. The molecule has 6 heteroatoms. The van der Waals surface area contributed by atoms with Crippen LogP contribution in [0.2, 0.25) is 0 Å². The van der Waals surface area contributed by atoms with Gasteiger partial charge in [0.25, 0.3) is 0 Å². The normalized spacial score (nSPS) is 13.8. The highest BCUT2D eigenvalue weighted by Crippen LogP contribution is 2.46. The monoisotopic (exact) mass is 482 g/mol. The first-order chi connectivity index (χ1) is 16.7. The van der Waals surface area contributed by atoms with Crippen molar-refractivity contribution in [1.29, 1.82) is 0 Å². The van der Waals surface area contributed by atoms with Gasteiger partial charge in [-0.1, -0.05) is 33.8 Å². The molecule has 0 fully saturated rings. The minimum absolute atomic E-state index is 0.0287. The molecule has 35 heavy (non-hydrogen) atoms. The maximum Gasteiger partial charge on any atom is 0.346 e. The largest absolute Gasteiger partial charge is 0.495 e. The standard InChI is InChI=1S/C29H38O6/c1-8-9-20-19(6)15-25(33-13-12-17(2)3)27-22(20)16-34-29(31)26-24(35-27)11-10-21(28(26)32-7)23(30)14-18(4)5/h8,10-11,15,17-18,23,30H,1,9,12-14,16H2,2-7H3/t23-/m0/s1. The van der Waals surface area contributed by atoms with Crippen molar-refractivity contribution in [2.75, 3.05) is 13.7 Å². The van der Waals surface area contributed by atoms with Crippen molar-refractivity contribution in [3.63, 3.8) is 0 Å². The number of methoxy groups -OCH3 is 1. The number of hydrogen-bond donors (Lipinski definition) is 1. The lowest BCUT2D eigenvalue weighted by Crippen LogP contribution is -2.17. The van der Waals surface area contributed by atoms with Crippen molar-refractivity contribution < 1.29 is 28.8 Å². The van der Waals surface area contributed by atoms with Crippen LogP contribution in [0, 0.1) is 18.8 Å². The molecule has 190 valence electrons. The predicted octanol–water partition coefficient (Wildman–Crippen LogP) is 6.70. The summed E-state index contributed by atoms with van der Waals surface area (Å²) < 4.78 is 24.0. The highest BCUT2D eigenvalue weighted by atomic mass is 16.6. The Bertz CT molecular complexity index is 1070. The zero-order valence-corrected chi connectivity index (χ0v) is 21.8. The molecule has 0 radical (unpaired) electrons. The minimum Gasteiger partial charge on any atom is -0.495 e. The number of carbonyl (C=O) groups is 1. The van der Waals surface area contributed by atoms with Crippen molar-refractivity contribution in [2.45, 2.75) is 66.6 Å². The summed E-state index contributed by atoms with van der Waals surface area (Å²) in [6.07, 6.45) is 3.09. The van der Waals surface area contributed by atoms with Gasteiger partial charge in [-0.25, -0.2) is 4.79 Å². The average molecular weight is 483 g/mol. The Kier molecular flexibility index (Phi) is 8.84. The molecule has 1 atom stereocenters. The second-order valence-corrected chi connectivity index (χ2v) is 9.89. The van der Waals surface area contributed by atoms with Gasteiger partial charge in [0.15, 0.2) is 11.5 Å². The summed E-state index contributed by atoms with van der Waals surface area (Å²) >= 11 is 0. The van der Waals surface area contributed by atoms with E-state index in [2.05, 4.69) is 20.4 Å². The van der Waals surface area contributed by atoms with Crippen molar-refractivity contribution >= 4 is 5.97 Å². The van der Waals surface area contributed by atoms with E-state index < -0.39 is 12.1 Å². The zero-order valence-electron chi connectivity index (χ0n) is 21.8. The van der Waals surface area contributed by atoms with E-state index >= 15 is 0 Å². The number of rotatable bonds is 10. The van der Waals surface area contributed by atoms with Crippen LogP contribution in [0.3, 0.4) is 0 Å². The average Bonchev–Trinajstić information content (AvgIpc) is 2.78. The van der Waals surface area contributed by atoms with Crippen LogP contribution in [0.1, 0.15) is 79.3 Å². The number of aliphatic hydroxyl groups excluding tert-OH is 1. The smallest absolute Gasteiger partial charge is 0.346 e. The summed E-state index contributed by atoms with van der Waals surface area (Å²) in [5.74, 6) is 1.92. The van der Waals surface area contributed by atoms with Gasteiger partial charge in [0, 0.05) is 11.1 Å². The Balaban J connectivity index is 2.15. The van der Waals surface area contributed by atoms with E-state index in [1.54, 1.807) is 12.1 Å². The molecule has 0 saturated heterocycles. The summed E-state index contributed by atoms with van der Waals surface area (Å²) in [7, 11) is 1.48. The Morgan fingerprint density at radius 3 is 2.57 bits per heavy atom. The summed E-state index contributed by atoms with van der Waals surface area (Å²) in [6.45, 7) is 14.8. The Morgan fingerprint density at radius 2 is 1.94 bits per heavy atom. The summed E-state index contributed by atoms with van der Waals surface area (Å²) in [6, 6.07) is 5.41. The van der Waals surface area contributed by atoms with Crippen LogP contribution in [0.15, 0.2) is 30.9 Å². The molecule has 0 unspecified atom stereocenters. The third-order valence-electron chi connectivity index (χ3n) is 6.16. The van der Waals surface area contributed by atoms with Crippen LogP contribution in [-0.2, 0) is 17.8 Å². The van der Waals surface area contributed by atoms with Crippen molar-refractivity contribution in [3.8, 4) is 23.0 Å². The van der Waals surface area contributed by atoms with Crippen LogP contribution < -0.4 is 14.2 Å². The molecule has 0 amide bonds. The van der Waals surface area contributed by atoms with Crippen molar-refractivity contribution in [1.82, 2.24) is 0 Å². The quantitative estimate of drug-likeness (QED) is 0.300. The van der Waals surface area contributed by atoms with Crippen LogP contribution in [0.5, 0.6) is 23.0 Å². The van der Waals surface area contributed by atoms with E-state index in [0.29, 0.717) is 48.2 Å². The summed E-state index contributed by atoms with van der Waals surface area (Å²) in [5.41, 5.74) is 3.49. The molecule has 0 bridgehead atoms. The fourth-order valence-electron chi connectivity index (χ4n) is 4.31. The third-order valence-corrected chi connectivity index (χ3v) is 6.16. The molecule has 0 aliphatic carbocycles. The number of benzene rings is 2. The number of allylic oxidation sites excluding steroid dienone is 1. The molecule has 1 aliphatic heterocycles. The molecule has 0 saturated carbocycles. The number of fused-ring (bicyclic) bond motifs is 2. The van der Waals surface area contributed by atoms with Crippen LogP contribution in [-0.4, -0.2) is 24.8 Å². The molecule has 0 aromatic heterocycles. The molecule has 1 N–H and O–H groups in total. The second kappa shape index (κ2) is 11.6. The molecular weight excluding hydrogens is 444 g/mol. The Morgan fingerprint density at radius 1 is 1.20 bits per heavy atom. The van der Waals surface area contributed by atoms with Gasteiger partial charge in [0.05, 0.1) is 19.8 Å². The fraction of sp³-hybridized carbons (Fsp3) is 0.483. The van der Waals surface area contributed by atoms with Gasteiger partial charge in [-0.2, -0.15) is 0 Å².